The number of aryl methyl sites for hydroxylation is 1. The number of rotatable bonds is 5. The number of likely N-dealkylation sites (tertiary alicyclic amines) is 1. The SMILES string of the molecule is CCn1ccc2ccc(CN3CCC[C@@](O)(CN(C)C)C3)cc21. The molecule has 2 heterocycles. The van der Waals surface area contributed by atoms with Crippen LogP contribution in [0.2, 0.25) is 0 Å². The topological polar surface area (TPSA) is 31.6 Å². The molecular weight excluding hydrogens is 286 g/mol. The predicted octanol–water partition coefficient (Wildman–Crippen LogP) is 2.55. The molecule has 0 unspecified atom stereocenters. The van der Waals surface area contributed by atoms with Crippen molar-refractivity contribution in [2.24, 2.45) is 0 Å². The summed E-state index contributed by atoms with van der Waals surface area (Å²) in [5.74, 6) is 0. The monoisotopic (exact) mass is 315 g/mol. The number of benzene rings is 1. The second-order valence-corrected chi connectivity index (χ2v) is 7.27. The van der Waals surface area contributed by atoms with Gasteiger partial charge in [0.1, 0.15) is 0 Å². The van der Waals surface area contributed by atoms with Crippen LogP contribution in [0.3, 0.4) is 0 Å². The maximum atomic E-state index is 10.8. The molecule has 126 valence electrons. The first-order valence-corrected chi connectivity index (χ1v) is 8.66. The Kier molecular flexibility index (Phi) is 4.76. The number of aromatic nitrogens is 1. The van der Waals surface area contributed by atoms with E-state index < -0.39 is 5.60 Å². The van der Waals surface area contributed by atoms with Crippen LogP contribution in [0, 0.1) is 0 Å². The van der Waals surface area contributed by atoms with Crippen molar-refractivity contribution < 1.29 is 5.11 Å². The Hall–Kier alpha value is -1.36. The van der Waals surface area contributed by atoms with Crippen LogP contribution in [-0.4, -0.2) is 58.8 Å². The van der Waals surface area contributed by atoms with Gasteiger partial charge in [-0.05, 0) is 63.5 Å². The van der Waals surface area contributed by atoms with Crippen molar-refractivity contribution in [1.29, 1.82) is 0 Å². The second-order valence-electron chi connectivity index (χ2n) is 7.27. The predicted molar refractivity (Wildman–Crippen MR) is 95.6 cm³/mol. The molecule has 2 aromatic rings. The van der Waals surface area contributed by atoms with E-state index >= 15 is 0 Å². The summed E-state index contributed by atoms with van der Waals surface area (Å²) in [6, 6.07) is 8.92. The van der Waals surface area contributed by atoms with Crippen molar-refractivity contribution in [3.63, 3.8) is 0 Å². The standard InChI is InChI=1S/C19H29N3O/c1-4-22-11-8-17-7-6-16(12-18(17)22)13-21-10-5-9-19(23,15-21)14-20(2)3/h6-8,11-12,23H,4-5,9-10,13-15H2,1-3H3/t19-/m1/s1. The van der Waals surface area contributed by atoms with E-state index in [2.05, 4.69) is 51.8 Å². The fraction of sp³-hybridized carbons (Fsp3) is 0.579. The number of fused-ring (bicyclic) bond motifs is 1. The summed E-state index contributed by atoms with van der Waals surface area (Å²) in [4.78, 5) is 4.48. The van der Waals surface area contributed by atoms with Crippen LogP contribution in [0.1, 0.15) is 25.3 Å². The summed E-state index contributed by atoms with van der Waals surface area (Å²) in [7, 11) is 4.06. The number of hydrogen-bond donors (Lipinski definition) is 1. The summed E-state index contributed by atoms with van der Waals surface area (Å²) in [6.07, 6.45) is 4.13. The minimum Gasteiger partial charge on any atom is -0.387 e. The molecule has 3 rings (SSSR count). The molecular formula is C19H29N3O. The third-order valence-electron chi connectivity index (χ3n) is 4.83. The van der Waals surface area contributed by atoms with Gasteiger partial charge < -0.3 is 14.6 Å². The first-order valence-electron chi connectivity index (χ1n) is 8.66. The maximum Gasteiger partial charge on any atom is 0.0900 e. The lowest BCUT2D eigenvalue weighted by molar-refractivity contribution is -0.0479. The number of likely N-dealkylation sites (N-methyl/N-ethyl adjacent to an activating group) is 1. The molecule has 1 fully saturated rings. The van der Waals surface area contributed by atoms with Crippen LogP contribution in [0.25, 0.3) is 10.9 Å². The average molecular weight is 315 g/mol. The van der Waals surface area contributed by atoms with Crippen molar-refractivity contribution in [2.45, 2.75) is 38.5 Å². The second kappa shape index (κ2) is 6.63. The third kappa shape index (κ3) is 3.77. The molecule has 0 amide bonds. The smallest absolute Gasteiger partial charge is 0.0900 e. The zero-order valence-corrected chi connectivity index (χ0v) is 14.6. The van der Waals surface area contributed by atoms with Crippen molar-refractivity contribution in [1.82, 2.24) is 14.4 Å². The van der Waals surface area contributed by atoms with Crippen molar-refractivity contribution in [3.8, 4) is 0 Å². The highest BCUT2D eigenvalue weighted by Gasteiger charge is 2.33. The van der Waals surface area contributed by atoms with Crippen LogP contribution in [-0.2, 0) is 13.1 Å². The van der Waals surface area contributed by atoms with Gasteiger partial charge in [-0.2, -0.15) is 0 Å². The van der Waals surface area contributed by atoms with Gasteiger partial charge in [0.15, 0.2) is 0 Å². The van der Waals surface area contributed by atoms with Gasteiger partial charge in [0.25, 0.3) is 0 Å². The molecule has 1 atom stereocenters. The largest absolute Gasteiger partial charge is 0.387 e. The van der Waals surface area contributed by atoms with E-state index in [0.717, 1.165) is 45.6 Å². The molecule has 0 spiro atoms. The summed E-state index contributed by atoms with van der Waals surface area (Å²) >= 11 is 0. The molecule has 1 aliphatic heterocycles. The van der Waals surface area contributed by atoms with Gasteiger partial charge >= 0.3 is 0 Å². The van der Waals surface area contributed by atoms with E-state index in [9.17, 15) is 5.11 Å². The minimum absolute atomic E-state index is 0.574. The van der Waals surface area contributed by atoms with Crippen LogP contribution in [0.5, 0.6) is 0 Å². The molecule has 0 bridgehead atoms. The zero-order chi connectivity index (χ0) is 16.4. The average Bonchev–Trinajstić information content (AvgIpc) is 2.88. The molecule has 1 aromatic carbocycles. The molecule has 23 heavy (non-hydrogen) atoms. The Morgan fingerprint density at radius 2 is 2.09 bits per heavy atom. The number of aliphatic hydroxyl groups is 1. The molecule has 1 saturated heterocycles. The molecule has 0 radical (unpaired) electrons. The highest BCUT2D eigenvalue weighted by atomic mass is 16.3. The molecule has 4 nitrogen and oxygen atoms in total. The van der Waals surface area contributed by atoms with E-state index in [0.29, 0.717) is 0 Å². The lowest BCUT2D eigenvalue weighted by atomic mass is 9.92. The van der Waals surface area contributed by atoms with Crippen molar-refractivity contribution in [3.05, 3.63) is 36.0 Å². The lowest BCUT2D eigenvalue weighted by Crippen LogP contribution is -2.52. The van der Waals surface area contributed by atoms with Gasteiger partial charge in [0.05, 0.1) is 5.60 Å². The van der Waals surface area contributed by atoms with Gasteiger partial charge in [-0.25, -0.2) is 0 Å². The van der Waals surface area contributed by atoms with Gasteiger partial charge in [-0.1, -0.05) is 12.1 Å². The van der Waals surface area contributed by atoms with E-state index in [1.807, 2.05) is 14.1 Å². The van der Waals surface area contributed by atoms with Crippen LogP contribution >= 0.6 is 0 Å². The number of nitrogens with zero attached hydrogens (tertiary/aromatic N) is 3. The van der Waals surface area contributed by atoms with E-state index in [1.165, 1.54) is 16.5 Å². The molecule has 0 saturated carbocycles. The van der Waals surface area contributed by atoms with Crippen LogP contribution in [0.4, 0.5) is 0 Å². The summed E-state index contributed by atoms with van der Waals surface area (Å²) in [6.45, 7) is 6.67. The van der Waals surface area contributed by atoms with E-state index in [1.54, 1.807) is 0 Å². The van der Waals surface area contributed by atoms with Crippen molar-refractivity contribution >= 4 is 10.9 Å². The Morgan fingerprint density at radius 1 is 1.26 bits per heavy atom. The molecule has 0 aliphatic carbocycles. The summed E-state index contributed by atoms with van der Waals surface area (Å²) in [5.41, 5.74) is 2.07. The molecule has 4 heteroatoms. The summed E-state index contributed by atoms with van der Waals surface area (Å²) < 4.78 is 2.29. The molecule has 1 aliphatic rings. The highest BCUT2D eigenvalue weighted by molar-refractivity contribution is 5.80. The number of β-amino-alcohol motifs (C(OH)–C–C–N with tert-alkyl or cyclic N) is 1. The van der Waals surface area contributed by atoms with Crippen LogP contribution in [0.15, 0.2) is 30.5 Å². The Bertz CT molecular complexity index is 664. The van der Waals surface area contributed by atoms with Crippen LogP contribution < -0.4 is 0 Å². The Morgan fingerprint density at radius 3 is 2.83 bits per heavy atom. The van der Waals surface area contributed by atoms with Gasteiger partial charge in [0, 0.05) is 37.9 Å². The van der Waals surface area contributed by atoms with E-state index in [4.69, 9.17) is 0 Å². The maximum absolute atomic E-state index is 10.8. The first kappa shape index (κ1) is 16.5. The fourth-order valence-electron chi connectivity index (χ4n) is 3.92. The normalized spacial score (nSPS) is 23.0. The van der Waals surface area contributed by atoms with Gasteiger partial charge in [-0.15, -0.1) is 0 Å². The zero-order valence-electron chi connectivity index (χ0n) is 14.6. The summed E-state index contributed by atoms with van der Waals surface area (Å²) in [5, 5.41) is 12.1. The molecule has 1 N–H and O–H groups in total. The number of piperidine rings is 1. The van der Waals surface area contributed by atoms with Crippen molar-refractivity contribution in [2.75, 3.05) is 33.7 Å². The highest BCUT2D eigenvalue weighted by Crippen LogP contribution is 2.24. The van der Waals surface area contributed by atoms with E-state index in [-0.39, 0.29) is 0 Å². The Labute approximate surface area is 139 Å². The lowest BCUT2D eigenvalue weighted by Gasteiger charge is -2.40. The molecule has 1 aromatic heterocycles. The fourth-order valence-corrected chi connectivity index (χ4v) is 3.92. The Balaban J connectivity index is 1.73. The minimum atomic E-state index is -0.574. The third-order valence-corrected chi connectivity index (χ3v) is 4.83. The first-order chi connectivity index (χ1) is 11.0. The quantitative estimate of drug-likeness (QED) is 0.920. The van der Waals surface area contributed by atoms with Gasteiger partial charge in [-0.3, -0.25) is 4.90 Å². The number of hydrogen-bond acceptors (Lipinski definition) is 3. The van der Waals surface area contributed by atoms with Gasteiger partial charge in [0.2, 0.25) is 0 Å².